The highest BCUT2D eigenvalue weighted by Gasteiger charge is 2.33. The maximum atomic E-state index is 5.38. The van der Waals surface area contributed by atoms with E-state index in [0.29, 0.717) is 18.9 Å². The van der Waals surface area contributed by atoms with Crippen LogP contribution in [0.25, 0.3) is 0 Å². The highest BCUT2D eigenvalue weighted by atomic mass is 16.7. The molecule has 86 valence electrons. The molecule has 3 unspecified atom stereocenters. The van der Waals surface area contributed by atoms with E-state index in [9.17, 15) is 0 Å². The Morgan fingerprint density at radius 2 is 2.06 bits per heavy atom. The lowest BCUT2D eigenvalue weighted by Crippen LogP contribution is -2.21. The Hall–Kier alpha value is -1.22. The van der Waals surface area contributed by atoms with Gasteiger partial charge in [-0.3, -0.25) is 0 Å². The minimum atomic E-state index is 0.347. The summed E-state index contributed by atoms with van der Waals surface area (Å²) in [6, 6.07) is 7.25. The van der Waals surface area contributed by atoms with Crippen molar-refractivity contribution in [1.29, 1.82) is 0 Å². The van der Waals surface area contributed by atoms with Gasteiger partial charge < -0.3 is 14.8 Å². The Bertz CT molecular complexity index is 405. The number of benzene rings is 1. The van der Waals surface area contributed by atoms with E-state index >= 15 is 0 Å². The van der Waals surface area contributed by atoms with Crippen molar-refractivity contribution in [2.45, 2.75) is 32.4 Å². The summed E-state index contributed by atoms with van der Waals surface area (Å²) >= 11 is 0. The zero-order valence-corrected chi connectivity index (χ0v) is 9.69. The van der Waals surface area contributed by atoms with Crippen molar-refractivity contribution in [2.24, 2.45) is 5.92 Å². The molecular weight excluding hydrogens is 202 g/mol. The highest BCUT2D eigenvalue weighted by Crippen LogP contribution is 2.36. The van der Waals surface area contributed by atoms with Crippen LogP contribution in [0.15, 0.2) is 18.2 Å². The van der Waals surface area contributed by atoms with Crippen LogP contribution in [-0.2, 0) is 0 Å². The molecule has 0 spiro atoms. The topological polar surface area (TPSA) is 30.5 Å². The second-order valence-electron chi connectivity index (χ2n) is 4.82. The minimum absolute atomic E-state index is 0.347. The third kappa shape index (κ3) is 1.76. The van der Waals surface area contributed by atoms with Gasteiger partial charge in [-0.2, -0.15) is 0 Å². The zero-order chi connectivity index (χ0) is 11.1. The molecule has 3 rings (SSSR count). The lowest BCUT2D eigenvalue weighted by atomic mass is 10.1. The molecule has 1 heterocycles. The fourth-order valence-corrected chi connectivity index (χ4v) is 2.15. The summed E-state index contributed by atoms with van der Waals surface area (Å²) < 4.78 is 10.7. The van der Waals surface area contributed by atoms with Gasteiger partial charge in [0.15, 0.2) is 11.5 Å². The second kappa shape index (κ2) is 3.67. The van der Waals surface area contributed by atoms with Crippen molar-refractivity contribution in [3.8, 4) is 11.5 Å². The molecule has 0 aromatic heterocycles. The van der Waals surface area contributed by atoms with E-state index < -0.39 is 0 Å². The first-order valence-electron chi connectivity index (χ1n) is 5.89. The third-order valence-corrected chi connectivity index (χ3v) is 3.47. The maximum absolute atomic E-state index is 5.38. The largest absolute Gasteiger partial charge is 0.454 e. The standard InChI is InChI=1S/C13H17NO2/c1-8-5-11(8)14-9(2)10-3-4-12-13(6-10)16-7-15-12/h3-4,6,8-9,11,14H,5,7H2,1-2H3. The summed E-state index contributed by atoms with van der Waals surface area (Å²) in [4.78, 5) is 0. The summed E-state index contributed by atoms with van der Waals surface area (Å²) in [7, 11) is 0. The normalized spacial score (nSPS) is 27.9. The number of nitrogens with one attached hydrogen (secondary N) is 1. The molecule has 0 amide bonds. The summed E-state index contributed by atoms with van der Waals surface area (Å²) in [6.07, 6.45) is 1.30. The van der Waals surface area contributed by atoms with Crippen molar-refractivity contribution >= 4 is 0 Å². The molecule has 3 atom stereocenters. The van der Waals surface area contributed by atoms with E-state index in [1.54, 1.807) is 0 Å². The fraction of sp³-hybridized carbons (Fsp3) is 0.538. The van der Waals surface area contributed by atoms with Crippen LogP contribution in [0.2, 0.25) is 0 Å². The van der Waals surface area contributed by atoms with Crippen LogP contribution >= 0.6 is 0 Å². The van der Waals surface area contributed by atoms with Gasteiger partial charge in [-0.05, 0) is 37.0 Å². The van der Waals surface area contributed by atoms with Gasteiger partial charge in [-0.25, -0.2) is 0 Å². The van der Waals surface area contributed by atoms with Gasteiger partial charge in [-0.1, -0.05) is 13.0 Å². The molecule has 2 aliphatic rings. The van der Waals surface area contributed by atoms with Gasteiger partial charge in [0.2, 0.25) is 6.79 Å². The van der Waals surface area contributed by atoms with Crippen molar-refractivity contribution in [3.05, 3.63) is 23.8 Å². The molecule has 1 aliphatic carbocycles. The molecule has 3 nitrogen and oxygen atoms in total. The molecule has 1 aliphatic heterocycles. The van der Waals surface area contributed by atoms with E-state index in [-0.39, 0.29) is 0 Å². The number of ether oxygens (including phenoxy) is 2. The number of fused-ring (bicyclic) bond motifs is 1. The van der Waals surface area contributed by atoms with Crippen molar-refractivity contribution in [3.63, 3.8) is 0 Å². The second-order valence-corrected chi connectivity index (χ2v) is 4.82. The molecule has 1 N–H and O–H groups in total. The maximum Gasteiger partial charge on any atom is 0.231 e. The summed E-state index contributed by atoms with van der Waals surface area (Å²) in [5, 5.41) is 3.61. The summed E-state index contributed by atoms with van der Waals surface area (Å²) in [5.41, 5.74) is 1.27. The van der Waals surface area contributed by atoms with Crippen LogP contribution in [-0.4, -0.2) is 12.8 Å². The molecule has 1 aromatic rings. The molecule has 0 saturated heterocycles. The van der Waals surface area contributed by atoms with Crippen molar-refractivity contribution < 1.29 is 9.47 Å². The Kier molecular flexibility index (Phi) is 2.28. The molecule has 0 bridgehead atoms. The van der Waals surface area contributed by atoms with E-state index in [2.05, 4.69) is 31.3 Å². The summed E-state index contributed by atoms with van der Waals surface area (Å²) in [6.45, 7) is 4.83. The summed E-state index contributed by atoms with van der Waals surface area (Å²) in [5.74, 6) is 2.56. The van der Waals surface area contributed by atoms with E-state index in [4.69, 9.17) is 9.47 Å². The van der Waals surface area contributed by atoms with Crippen LogP contribution in [0.1, 0.15) is 31.9 Å². The van der Waals surface area contributed by atoms with Crippen LogP contribution in [0.4, 0.5) is 0 Å². The lowest BCUT2D eigenvalue weighted by molar-refractivity contribution is 0.174. The van der Waals surface area contributed by atoms with Gasteiger partial charge in [0.25, 0.3) is 0 Å². The molecular formula is C13H17NO2. The van der Waals surface area contributed by atoms with E-state index in [1.165, 1.54) is 12.0 Å². The monoisotopic (exact) mass is 219 g/mol. The smallest absolute Gasteiger partial charge is 0.231 e. The first-order chi connectivity index (χ1) is 7.74. The van der Waals surface area contributed by atoms with Gasteiger partial charge in [0.1, 0.15) is 0 Å². The van der Waals surface area contributed by atoms with Gasteiger partial charge in [0, 0.05) is 12.1 Å². The SMILES string of the molecule is CC(NC1CC1C)c1ccc2c(c1)OCO2. The third-order valence-electron chi connectivity index (χ3n) is 3.47. The van der Waals surface area contributed by atoms with Gasteiger partial charge >= 0.3 is 0 Å². The highest BCUT2D eigenvalue weighted by molar-refractivity contribution is 5.45. The van der Waals surface area contributed by atoms with E-state index in [1.807, 2.05) is 6.07 Å². The Labute approximate surface area is 95.8 Å². The Morgan fingerprint density at radius 3 is 2.81 bits per heavy atom. The van der Waals surface area contributed by atoms with Gasteiger partial charge in [0.05, 0.1) is 0 Å². The average Bonchev–Trinajstić information content (AvgIpc) is 2.81. The predicted octanol–water partition coefficient (Wildman–Crippen LogP) is 2.47. The van der Waals surface area contributed by atoms with Crippen LogP contribution < -0.4 is 14.8 Å². The van der Waals surface area contributed by atoms with Gasteiger partial charge in [-0.15, -0.1) is 0 Å². The average molecular weight is 219 g/mol. The molecule has 3 heteroatoms. The number of hydrogen-bond acceptors (Lipinski definition) is 3. The first kappa shape index (κ1) is 9.97. The quantitative estimate of drug-likeness (QED) is 0.847. The van der Waals surface area contributed by atoms with Crippen LogP contribution in [0, 0.1) is 5.92 Å². The fourth-order valence-electron chi connectivity index (χ4n) is 2.15. The first-order valence-corrected chi connectivity index (χ1v) is 5.89. The Balaban J connectivity index is 1.73. The van der Waals surface area contributed by atoms with Crippen LogP contribution in [0.3, 0.4) is 0 Å². The van der Waals surface area contributed by atoms with Crippen LogP contribution in [0.5, 0.6) is 11.5 Å². The number of hydrogen-bond donors (Lipinski definition) is 1. The van der Waals surface area contributed by atoms with Crippen molar-refractivity contribution in [1.82, 2.24) is 5.32 Å². The molecule has 1 fully saturated rings. The van der Waals surface area contributed by atoms with Crippen molar-refractivity contribution in [2.75, 3.05) is 6.79 Å². The predicted molar refractivity (Wildman–Crippen MR) is 61.7 cm³/mol. The number of rotatable bonds is 3. The molecule has 16 heavy (non-hydrogen) atoms. The lowest BCUT2D eigenvalue weighted by Gasteiger charge is -2.14. The zero-order valence-electron chi connectivity index (χ0n) is 9.69. The minimum Gasteiger partial charge on any atom is -0.454 e. The molecule has 0 radical (unpaired) electrons. The molecule has 1 saturated carbocycles. The molecule has 1 aromatic carbocycles. The Morgan fingerprint density at radius 1 is 1.31 bits per heavy atom. The van der Waals surface area contributed by atoms with E-state index in [0.717, 1.165) is 17.4 Å².